The summed E-state index contributed by atoms with van der Waals surface area (Å²) in [6.45, 7) is 5.69. The molecular weight excluding hydrogens is 283 g/mol. The Bertz CT molecular complexity index is 814. The van der Waals surface area contributed by atoms with Gasteiger partial charge in [-0.2, -0.15) is 0 Å². The molecule has 1 aromatic carbocycles. The highest BCUT2D eigenvalue weighted by molar-refractivity contribution is 5.66. The van der Waals surface area contributed by atoms with Crippen molar-refractivity contribution < 1.29 is 13.7 Å². The second-order valence-corrected chi connectivity index (χ2v) is 5.29. The summed E-state index contributed by atoms with van der Waals surface area (Å²) in [5.41, 5.74) is 3.91. The molecule has 2 heterocycles. The molecule has 22 heavy (non-hydrogen) atoms. The summed E-state index contributed by atoms with van der Waals surface area (Å²) in [7, 11) is 1.52. The van der Waals surface area contributed by atoms with Gasteiger partial charge in [0.15, 0.2) is 5.76 Å². The zero-order chi connectivity index (χ0) is 15.9. The number of aryl methyl sites for hydroxylation is 3. The lowest BCUT2D eigenvalue weighted by Gasteiger charge is -2.10. The van der Waals surface area contributed by atoms with Crippen LogP contribution in [-0.2, 0) is 0 Å². The first-order chi connectivity index (χ1) is 10.5. The van der Waals surface area contributed by atoms with Crippen LogP contribution in [0.25, 0.3) is 16.9 Å². The molecule has 0 fully saturated rings. The molecule has 0 spiro atoms. The van der Waals surface area contributed by atoms with Gasteiger partial charge in [0.1, 0.15) is 22.9 Å². The molecule has 0 N–H and O–H groups in total. The quantitative estimate of drug-likeness (QED) is 0.727. The zero-order valence-electron chi connectivity index (χ0n) is 13.0. The van der Waals surface area contributed by atoms with E-state index in [0.29, 0.717) is 17.1 Å². The normalized spacial score (nSPS) is 11.0. The van der Waals surface area contributed by atoms with Crippen LogP contribution in [0.15, 0.2) is 35.0 Å². The van der Waals surface area contributed by atoms with Crippen LogP contribution in [0.1, 0.15) is 17.0 Å². The Morgan fingerprint density at radius 2 is 1.95 bits per heavy atom. The SMILES string of the molecule is COc1ccc(-c2cc(C)cn2-c2c(C)noc2C)c(F)c1. The van der Waals surface area contributed by atoms with Crippen molar-refractivity contribution in [2.45, 2.75) is 20.8 Å². The molecular formula is C17H17FN2O2. The number of hydrogen-bond acceptors (Lipinski definition) is 3. The largest absolute Gasteiger partial charge is 0.497 e. The van der Waals surface area contributed by atoms with Crippen LogP contribution in [0, 0.1) is 26.6 Å². The first kappa shape index (κ1) is 14.4. The molecule has 0 saturated heterocycles. The summed E-state index contributed by atoms with van der Waals surface area (Å²) < 4.78 is 26.6. The van der Waals surface area contributed by atoms with E-state index in [1.165, 1.54) is 13.2 Å². The molecule has 4 nitrogen and oxygen atoms in total. The third-order valence-corrected chi connectivity index (χ3v) is 3.65. The van der Waals surface area contributed by atoms with Gasteiger partial charge in [-0.25, -0.2) is 4.39 Å². The van der Waals surface area contributed by atoms with Crippen LogP contribution < -0.4 is 4.74 Å². The van der Waals surface area contributed by atoms with Crippen LogP contribution in [0.2, 0.25) is 0 Å². The Hall–Kier alpha value is -2.56. The van der Waals surface area contributed by atoms with E-state index in [-0.39, 0.29) is 5.82 Å². The van der Waals surface area contributed by atoms with Crippen LogP contribution in [-0.4, -0.2) is 16.8 Å². The Morgan fingerprint density at radius 1 is 1.18 bits per heavy atom. The van der Waals surface area contributed by atoms with Crippen LogP contribution >= 0.6 is 0 Å². The number of halogens is 1. The van der Waals surface area contributed by atoms with Crippen LogP contribution in [0.3, 0.4) is 0 Å². The molecule has 0 radical (unpaired) electrons. The molecule has 114 valence electrons. The maximum Gasteiger partial charge on any atom is 0.157 e. The lowest BCUT2D eigenvalue weighted by molar-refractivity contribution is 0.393. The van der Waals surface area contributed by atoms with E-state index >= 15 is 0 Å². The molecule has 5 heteroatoms. The third kappa shape index (κ3) is 2.28. The van der Waals surface area contributed by atoms with E-state index in [2.05, 4.69) is 5.16 Å². The molecule has 0 saturated carbocycles. The van der Waals surface area contributed by atoms with Crippen molar-refractivity contribution >= 4 is 0 Å². The Labute approximate surface area is 128 Å². The molecule has 0 bridgehead atoms. The molecule has 3 aromatic rings. The summed E-state index contributed by atoms with van der Waals surface area (Å²) in [6.07, 6.45) is 1.95. The monoisotopic (exact) mass is 300 g/mol. The average Bonchev–Trinajstić information content (AvgIpc) is 3.01. The summed E-state index contributed by atoms with van der Waals surface area (Å²) in [5, 5.41) is 3.98. The van der Waals surface area contributed by atoms with Crippen molar-refractivity contribution in [1.82, 2.24) is 9.72 Å². The Kier molecular flexibility index (Phi) is 3.48. The van der Waals surface area contributed by atoms with E-state index in [1.54, 1.807) is 12.1 Å². The van der Waals surface area contributed by atoms with Gasteiger partial charge in [-0.05, 0) is 44.5 Å². The number of rotatable bonds is 3. The molecule has 2 aromatic heterocycles. The highest BCUT2D eigenvalue weighted by Gasteiger charge is 2.18. The minimum atomic E-state index is -0.328. The standard InChI is InChI=1S/C17H17FN2O2/c1-10-7-16(14-6-5-13(21-4)8-15(14)18)20(9-10)17-11(2)19-22-12(17)3/h5-9H,1-4H3. The van der Waals surface area contributed by atoms with Gasteiger partial charge >= 0.3 is 0 Å². The fraction of sp³-hybridized carbons (Fsp3) is 0.235. The zero-order valence-corrected chi connectivity index (χ0v) is 13.0. The summed E-state index contributed by atoms with van der Waals surface area (Å²) >= 11 is 0. The predicted molar refractivity (Wildman–Crippen MR) is 82.0 cm³/mol. The van der Waals surface area contributed by atoms with Crippen LogP contribution in [0.4, 0.5) is 4.39 Å². The second kappa shape index (κ2) is 5.33. The van der Waals surface area contributed by atoms with Gasteiger partial charge in [0.2, 0.25) is 0 Å². The van der Waals surface area contributed by atoms with Gasteiger partial charge in [-0.3, -0.25) is 0 Å². The first-order valence-electron chi connectivity index (χ1n) is 6.97. The van der Waals surface area contributed by atoms with Gasteiger partial charge < -0.3 is 13.8 Å². The maximum atomic E-state index is 14.4. The smallest absolute Gasteiger partial charge is 0.157 e. The van der Waals surface area contributed by atoms with E-state index < -0.39 is 0 Å². The molecule has 0 aliphatic heterocycles. The van der Waals surface area contributed by atoms with E-state index in [9.17, 15) is 4.39 Å². The number of ether oxygens (including phenoxy) is 1. The number of hydrogen-bond donors (Lipinski definition) is 0. The van der Waals surface area contributed by atoms with Crippen molar-refractivity contribution in [3.8, 4) is 22.7 Å². The average molecular weight is 300 g/mol. The van der Waals surface area contributed by atoms with Gasteiger partial charge in [0, 0.05) is 17.8 Å². The van der Waals surface area contributed by atoms with Gasteiger partial charge in [0.05, 0.1) is 12.8 Å². The van der Waals surface area contributed by atoms with E-state index in [4.69, 9.17) is 9.26 Å². The summed E-state index contributed by atoms with van der Waals surface area (Å²) in [4.78, 5) is 0. The fourth-order valence-electron chi connectivity index (χ4n) is 2.64. The third-order valence-electron chi connectivity index (χ3n) is 3.65. The number of methoxy groups -OCH3 is 1. The van der Waals surface area contributed by atoms with Crippen molar-refractivity contribution in [2.75, 3.05) is 7.11 Å². The lowest BCUT2D eigenvalue weighted by atomic mass is 10.1. The molecule has 0 aliphatic carbocycles. The van der Waals surface area contributed by atoms with Gasteiger partial charge in [0.25, 0.3) is 0 Å². The van der Waals surface area contributed by atoms with Crippen molar-refractivity contribution in [3.63, 3.8) is 0 Å². The summed E-state index contributed by atoms with van der Waals surface area (Å²) in [5.74, 6) is 0.863. The number of nitrogens with zero attached hydrogens (tertiary/aromatic N) is 2. The summed E-state index contributed by atoms with van der Waals surface area (Å²) in [6, 6.07) is 6.79. The predicted octanol–water partition coefficient (Wildman–Crippen LogP) is 4.21. The number of aromatic nitrogens is 2. The molecule has 0 amide bonds. The Morgan fingerprint density at radius 3 is 2.55 bits per heavy atom. The number of benzene rings is 1. The minimum Gasteiger partial charge on any atom is -0.497 e. The minimum absolute atomic E-state index is 0.328. The molecule has 0 unspecified atom stereocenters. The first-order valence-corrected chi connectivity index (χ1v) is 6.97. The highest BCUT2D eigenvalue weighted by Crippen LogP contribution is 2.32. The maximum absolute atomic E-state index is 14.4. The van der Waals surface area contributed by atoms with Gasteiger partial charge in [-0.15, -0.1) is 0 Å². The van der Waals surface area contributed by atoms with Crippen LogP contribution in [0.5, 0.6) is 5.75 Å². The van der Waals surface area contributed by atoms with Crippen molar-refractivity contribution in [3.05, 3.63) is 53.3 Å². The molecule has 3 rings (SSSR count). The Balaban J connectivity index is 2.21. The molecule has 0 aliphatic rings. The second-order valence-electron chi connectivity index (χ2n) is 5.29. The van der Waals surface area contributed by atoms with E-state index in [0.717, 1.165) is 22.6 Å². The lowest BCUT2D eigenvalue weighted by Crippen LogP contribution is -1.99. The van der Waals surface area contributed by atoms with Gasteiger partial charge in [-0.1, -0.05) is 5.16 Å². The highest BCUT2D eigenvalue weighted by atomic mass is 19.1. The van der Waals surface area contributed by atoms with E-state index in [1.807, 2.05) is 37.6 Å². The fourth-order valence-corrected chi connectivity index (χ4v) is 2.64. The van der Waals surface area contributed by atoms with Crippen molar-refractivity contribution in [1.29, 1.82) is 0 Å². The van der Waals surface area contributed by atoms with Crippen molar-refractivity contribution in [2.24, 2.45) is 0 Å². The molecule has 0 atom stereocenters. The topological polar surface area (TPSA) is 40.2 Å².